The molecule has 0 aliphatic carbocycles. The van der Waals surface area contributed by atoms with Crippen molar-refractivity contribution in [2.24, 2.45) is 4.36 Å². The minimum absolute atomic E-state index is 0.389. The third kappa shape index (κ3) is 6.80. The van der Waals surface area contributed by atoms with Crippen molar-refractivity contribution in [2.75, 3.05) is 25.1 Å². The molecule has 3 N–H and O–H groups in total. The molecule has 0 fully saturated rings. The SMILES string of the molecule is CC(C)(C)OC(=O)NCCCN=[S@](C)(=O)c1cccc(N)c1. The molecule has 6 nitrogen and oxygen atoms in total. The van der Waals surface area contributed by atoms with Gasteiger partial charge in [0, 0.05) is 23.4 Å². The molecule has 0 spiro atoms. The molecule has 1 amide bonds. The Labute approximate surface area is 132 Å². The van der Waals surface area contributed by atoms with Crippen LogP contribution in [0.3, 0.4) is 0 Å². The molecule has 1 atom stereocenters. The van der Waals surface area contributed by atoms with Crippen LogP contribution in [0.15, 0.2) is 33.5 Å². The number of hydrogen-bond acceptors (Lipinski definition) is 5. The number of nitrogens with zero attached hydrogens (tertiary/aromatic N) is 1. The number of hydrogen-bond donors (Lipinski definition) is 2. The number of anilines is 1. The summed E-state index contributed by atoms with van der Waals surface area (Å²) in [5, 5.41) is 2.64. The van der Waals surface area contributed by atoms with Gasteiger partial charge in [-0.2, -0.15) is 0 Å². The Morgan fingerprint density at radius 2 is 2.09 bits per heavy atom. The van der Waals surface area contributed by atoms with Gasteiger partial charge in [0.15, 0.2) is 0 Å². The quantitative estimate of drug-likeness (QED) is 0.642. The van der Waals surface area contributed by atoms with Gasteiger partial charge in [0.2, 0.25) is 0 Å². The second kappa shape index (κ2) is 7.49. The number of benzene rings is 1. The highest BCUT2D eigenvalue weighted by molar-refractivity contribution is 7.93. The van der Waals surface area contributed by atoms with Gasteiger partial charge in [-0.05, 0) is 45.4 Å². The molecule has 0 heterocycles. The number of ether oxygens (including phenoxy) is 1. The fourth-order valence-electron chi connectivity index (χ4n) is 1.65. The maximum atomic E-state index is 12.5. The second-order valence-electron chi connectivity index (χ2n) is 6.01. The molecule has 0 aliphatic rings. The number of rotatable bonds is 5. The van der Waals surface area contributed by atoms with Crippen LogP contribution in [-0.2, 0) is 14.5 Å². The summed E-state index contributed by atoms with van der Waals surface area (Å²) in [6.07, 6.45) is 1.72. The summed E-state index contributed by atoms with van der Waals surface area (Å²) in [6, 6.07) is 6.92. The molecule has 1 rings (SSSR count). The van der Waals surface area contributed by atoms with E-state index < -0.39 is 21.4 Å². The van der Waals surface area contributed by atoms with Crippen LogP contribution in [0.25, 0.3) is 0 Å². The molecular formula is C15H25N3O3S. The van der Waals surface area contributed by atoms with Gasteiger partial charge in [0.05, 0.1) is 16.3 Å². The predicted octanol–water partition coefficient (Wildman–Crippen LogP) is 2.64. The highest BCUT2D eigenvalue weighted by atomic mass is 32.2. The topological polar surface area (TPSA) is 93.8 Å². The van der Waals surface area contributed by atoms with Crippen molar-refractivity contribution in [1.29, 1.82) is 0 Å². The molecule has 7 heteroatoms. The van der Waals surface area contributed by atoms with Crippen LogP contribution in [0.2, 0.25) is 0 Å². The van der Waals surface area contributed by atoms with E-state index in [0.717, 1.165) is 0 Å². The third-order valence-corrected chi connectivity index (χ3v) is 4.44. The zero-order valence-corrected chi connectivity index (χ0v) is 14.4. The van der Waals surface area contributed by atoms with Gasteiger partial charge in [-0.3, -0.25) is 0 Å². The molecule has 124 valence electrons. The van der Waals surface area contributed by atoms with Crippen LogP contribution < -0.4 is 11.1 Å². The Bertz CT molecular complexity index is 629. The molecule has 0 saturated heterocycles. The summed E-state index contributed by atoms with van der Waals surface area (Å²) in [5.41, 5.74) is 5.74. The van der Waals surface area contributed by atoms with Crippen LogP contribution in [0.5, 0.6) is 0 Å². The first kappa shape index (κ1) is 18.3. The Kier molecular flexibility index (Phi) is 6.22. The number of nitrogen functional groups attached to an aromatic ring is 1. The van der Waals surface area contributed by atoms with Crippen molar-refractivity contribution in [3.63, 3.8) is 0 Å². The maximum Gasteiger partial charge on any atom is 0.407 e. The van der Waals surface area contributed by atoms with Gasteiger partial charge >= 0.3 is 6.09 Å². The molecule has 1 aromatic carbocycles. The first-order valence-corrected chi connectivity index (χ1v) is 9.03. The van der Waals surface area contributed by atoms with E-state index in [0.29, 0.717) is 30.1 Å². The highest BCUT2D eigenvalue weighted by Gasteiger charge is 2.15. The number of alkyl carbamates (subject to hydrolysis) is 1. The van der Waals surface area contributed by atoms with E-state index in [-0.39, 0.29) is 0 Å². The van der Waals surface area contributed by atoms with Gasteiger partial charge < -0.3 is 15.8 Å². The lowest BCUT2D eigenvalue weighted by molar-refractivity contribution is 0.0527. The van der Waals surface area contributed by atoms with Crippen molar-refractivity contribution in [3.05, 3.63) is 24.3 Å². The van der Waals surface area contributed by atoms with Crippen LogP contribution in [0.1, 0.15) is 27.2 Å². The lowest BCUT2D eigenvalue weighted by Gasteiger charge is -2.19. The fraction of sp³-hybridized carbons (Fsp3) is 0.533. The monoisotopic (exact) mass is 327 g/mol. The van der Waals surface area contributed by atoms with Gasteiger partial charge in [-0.15, -0.1) is 0 Å². The summed E-state index contributed by atoms with van der Waals surface area (Å²) in [5.74, 6) is 0. The van der Waals surface area contributed by atoms with E-state index in [1.54, 1.807) is 51.3 Å². The Morgan fingerprint density at radius 3 is 2.68 bits per heavy atom. The Morgan fingerprint density at radius 1 is 1.41 bits per heavy atom. The predicted molar refractivity (Wildman–Crippen MR) is 89.3 cm³/mol. The third-order valence-electron chi connectivity index (χ3n) is 2.64. The zero-order valence-electron chi connectivity index (χ0n) is 13.6. The largest absolute Gasteiger partial charge is 0.444 e. The molecule has 0 unspecified atom stereocenters. The van der Waals surface area contributed by atoms with Gasteiger partial charge in [-0.25, -0.2) is 13.4 Å². The average molecular weight is 327 g/mol. The number of amides is 1. The molecule has 0 aliphatic heterocycles. The molecular weight excluding hydrogens is 302 g/mol. The minimum atomic E-state index is -2.46. The van der Waals surface area contributed by atoms with E-state index in [2.05, 4.69) is 9.68 Å². The number of nitrogens with one attached hydrogen (secondary N) is 1. The molecule has 22 heavy (non-hydrogen) atoms. The van der Waals surface area contributed by atoms with Crippen molar-refractivity contribution in [1.82, 2.24) is 5.32 Å². The Hall–Kier alpha value is -1.76. The standard InChI is InChI=1S/C15H25N3O3S/c1-15(2,3)21-14(19)17-9-6-10-18-22(4,20)13-8-5-7-12(16)11-13/h5,7-8,11H,6,9-10,16H2,1-4H3,(H,17,19)/t22-/m1/s1. The lowest BCUT2D eigenvalue weighted by atomic mass is 10.2. The van der Waals surface area contributed by atoms with Crippen molar-refractivity contribution in [2.45, 2.75) is 37.7 Å². The zero-order chi connectivity index (χ0) is 16.8. The van der Waals surface area contributed by atoms with Gasteiger partial charge in [0.25, 0.3) is 0 Å². The smallest absolute Gasteiger partial charge is 0.407 e. The van der Waals surface area contributed by atoms with Crippen molar-refractivity contribution >= 4 is 21.5 Å². The van der Waals surface area contributed by atoms with E-state index in [1.807, 2.05) is 0 Å². The number of carbonyl (C=O) groups excluding carboxylic acids is 1. The van der Waals surface area contributed by atoms with Crippen LogP contribution in [0.4, 0.5) is 10.5 Å². The fourth-order valence-corrected chi connectivity index (χ4v) is 2.96. The molecule has 1 aromatic rings. The Balaban J connectivity index is 2.46. The average Bonchev–Trinajstić information content (AvgIpc) is 2.36. The van der Waals surface area contributed by atoms with E-state index in [9.17, 15) is 9.00 Å². The highest BCUT2D eigenvalue weighted by Crippen LogP contribution is 2.14. The van der Waals surface area contributed by atoms with Gasteiger partial charge in [-0.1, -0.05) is 6.07 Å². The van der Waals surface area contributed by atoms with E-state index in [4.69, 9.17) is 10.5 Å². The van der Waals surface area contributed by atoms with Crippen LogP contribution >= 0.6 is 0 Å². The number of carbonyl (C=O) groups is 1. The molecule has 0 radical (unpaired) electrons. The summed E-state index contributed by atoms with van der Waals surface area (Å²) in [7, 11) is -2.46. The summed E-state index contributed by atoms with van der Waals surface area (Å²) < 4.78 is 21.8. The van der Waals surface area contributed by atoms with Crippen LogP contribution in [0, 0.1) is 0 Å². The summed E-state index contributed by atoms with van der Waals surface area (Å²) in [4.78, 5) is 12.1. The molecule has 0 aromatic heterocycles. The first-order chi connectivity index (χ1) is 10.1. The van der Waals surface area contributed by atoms with E-state index in [1.165, 1.54) is 0 Å². The van der Waals surface area contributed by atoms with Crippen molar-refractivity contribution < 1.29 is 13.7 Å². The second-order valence-corrected chi connectivity index (χ2v) is 8.34. The minimum Gasteiger partial charge on any atom is -0.444 e. The molecule has 0 saturated carbocycles. The summed E-state index contributed by atoms with van der Waals surface area (Å²) >= 11 is 0. The maximum absolute atomic E-state index is 12.5. The van der Waals surface area contributed by atoms with E-state index >= 15 is 0 Å². The molecule has 0 bridgehead atoms. The first-order valence-electron chi connectivity index (χ1n) is 7.10. The normalized spacial score (nSPS) is 14.0. The van der Waals surface area contributed by atoms with Gasteiger partial charge in [0.1, 0.15) is 5.60 Å². The summed E-state index contributed by atoms with van der Waals surface area (Å²) in [6.45, 7) is 6.23. The lowest BCUT2D eigenvalue weighted by Crippen LogP contribution is -2.33. The van der Waals surface area contributed by atoms with Crippen LogP contribution in [-0.4, -0.2) is 35.2 Å². The van der Waals surface area contributed by atoms with Crippen molar-refractivity contribution in [3.8, 4) is 0 Å². The number of nitrogens with two attached hydrogens (primary N) is 1.